The number of nitro groups is 4. The molecular formula is C25H14N4O11. The molecule has 4 rings (SSSR count). The van der Waals surface area contributed by atoms with Gasteiger partial charge in [0.1, 0.15) is 11.5 Å². The quantitative estimate of drug-likeness (QED) is 0.105. The summed E-state index contributed by atoms with van der Waals surface area (Å²) in [6.45, 7) is 0. The summed E-state index contributed by atoms with van der Waals surface area (Å²) in [5, 5.41) is 44.4. The van der Waals surface area contributed by atoms with Crippen molar-refractivity contribution >= 4 is 28.9 Å². The van der Waals surface area contributed by atoms with Crippen LogP contribution in [0.15, 0.2) is 84.9 Å². The lowest BCUT2D eigenvalue weighted by Crippen LogP contribution is -2.13. The van der Waals surface area contributed by atoms with Crippen LogP contribution in [-0.4, -0.2) is 25.8 Å². The summed E-state index contributed by atoms with van der Waals surface area (Å²) in [5.74, 6) is 0.167. The summed E-state index contributed by atoms with van der Waals surface area (Å²) in [5.41, 5.74) is -0.984. The zero-order valence-electron chi connectivity index (χ0n) is 19.9. The van der Waals surface area contributed by atoms with E-state index in [-0.39, 0.29) is 11.5 Å². The fraction of sp³-hybridized carbons (Fsp3) is 0. The summed E-state index contributed by atoms with van der Waals surface area (Å²) in [6, 6.07) is 18.5. The van der Waals surface area contributed by atoms with E-state index in [2.05, 4.69) is 0 Å². The first kappa shape index (κ1) is 26.8. The number of benzene rings is 4. The Kier molecular flexibility index (Phi) is 7.38. The van der Waals surface area contributed by atoms with E-state index in [1.807, 2.05) is 0 Å². The second-order valence-corrected chi connectivity index (χ2v) is 7.94. The van der Waals surface area contributed by atoms with E-state index in [0.29, 0.717) is 22.3 Å². The van der Waals surface area contributed by atoms with Crippen molar-refractivity contribution in [3.8, 4) is 33.8 Å². The fourth-order valence-electron chi connectivity index (χ4n) is 3.65. The van der Waals surface area contributed by atoms with Crippen LogP contribution >= 0.6 is 0 Å². The first-order chi connectivity index (χ1) is 19.0. The lowest BCUT2D eigenvalue weighted by molar-refractivity contribution is -0.422. The summed E-state index contributed by atoms with van der Waals surface area (Å²) in [6.07, 6.45) is -1.09. The van der Waals surface area contributed by atoms with E-state index < -0.39 is 48.6 Å². The molecule has 0 atom stereocenters. The number of nitro benzene ring substituents is 4. The Morgan fingerprint density at radius 3 is 1.05 bits per heavy atom. The molecule has 0 saturated carbocycles. The Balaban J connectivity index is 1.43. The summed E-state index contributed by atoms with van der Waals surface area (Å²) in [7, 11) is 0. The highest BCUT2D eigenvalue weighted by molar-refractivity contribution is 5.73. The topological polar surface area (TPSA) is 208 Å². The molecule has 15 heteroatoms. The van der Waals surface area contributed by atoms with Gasteiger partial charge in [-0.15, -0.1) is 0 Å². The number of carbonyl (C=O) groups excluding carboxylic acids is 1. The highest BCUT2D eigenvalue weighted by atomic mass is 16.7. The van der Waals surface area contributed by atoms with Crippen molar-refractivity contribution in [2.45, 2.75) is 0 Å². The summed E-state index contributed by atoms with van der Waals surface area (Å²) in [4.78, 5) is 53.2. The molecule has 0 aromatic heterocycles. The predicted octanol–water partition coefficient (Wildman–Crippen LogP) is 6.23. The van der Waals surface area contributed by atoms with E-state index in [4.69, 9.17) is 9.47 Å². The molecule has 40 heavy (non-hydrogen) atoms. The van der Waals surface area contributed by atoms with Crippen LogP contribution in [0.25, 0.3) is 22.3 Å². The Bertz CT molecular complexity index is 1550. The van der Waals surface area contributed by atoms with Crippen LogP contribution in [0.5, 0.6) is 11.5 Å². The number of carbonyl (C=O) groups is 1. The monoisotopic (exact) mass is 546 g/mol. The van der Waals surface area contributed by atoms with Crippen molar-refractivity contribution < 1.29 is 34.0 Å². The lowest BCUT2D eigenvalue weighted by Gasteiger charge is -2.08. The van der Waals surface area contributed by atoms with E-state index in [0.717, 1.165) is 24.3 Å². The Hall–Kier alpha value is -6.25. The number of ether oxygens (including phenoxy) is 2. The molecule has 0 aliphatic rings. The first-order valence-corrected chi connectivity index (χ1v) is 11.0. The highest BCUT2D eigenvalue weighted by Crippen LogP contribution is 2.34. The Labute approximate surface area is 222 Å². The highest BCUT2D eigenvalue weighted by Gasteiger charge is 2.25. The second-order valence-electron chi connectivity index (χ2n) is 7.94. The Morgan fingerprint density at radius 2 is 0.750 bits per heavy atom. The van der Waals surface area contributed by atoms with Crippen LogP contribution in [-0.2, 0) is 0 Å². The smallest absolute Gasteiger partial charge is 0.395 e. The molecular weight excluding hydrogens is 532 g/mol. The third kappa shape index (κ3) is 5.83. The average Bonchev–Trinajstić information content (AvgIpc) is 2.93. The van der Waals surface area contributed by atoms with Crippen LogP contribution in [0.2, 0.25) is 0 Å². The molecule has 0 aliphatic carbocycles. The van der Waals surface area contributed by atoms with Crippen LogP contribution in [0.4, 0.5) is 27.5 Å². The van der Waals surface area contributed by atoms with E-state index >= 15 is 0 Å². The molecule has 0 radical (unpaired) electrons. The van der Waals surface area contributed by atoms with Crippen LogP contribution in [0.1, 0.15) is 0 Å². The maximum absolute atomic E-state index is 12.2. The number of hydrogen-bond donors (Lipinski definition) is 0. The van der Waals surface area contributed by atoms with Gasteiger partial charge in [0.2, 0.25) is 0 Å². The van der Waals surface area contributed by atoms with E-state index in [9.17, 15) is 45.3 Å². The minimum absolute atomic E-state index is 0.0833. The molecule has 0 N–H and O–H groups in total. The second kappa shape index (κ2) is 11.0. The van der Waals surface area contributed by atoms with Crippen molar-refractivity contribution in [3.63, 3.8) is 0 Å². The molecule has 0 aliphatic heterocycles. The molecule has 4 aromatic rings. The maximum Gasteiger partial charge on any atom is 0.519 e. The van der Waals surface area contributed by atoms with Gasteiger partial charge in [0.05, 0.1) is 19.7 Å². The van der Waals surface area contributed by atoms with Crippen molar-refractivity contribution in [1.29, 1.82) is 0 Å². The number of rotatable bonds is 8. The standard InChI is InChI=1S/C25H14N4O11/c30-25(39-19-7-1-15(2-8-19)17-5-11-21(26(31)32)23(13-17)28(35)36)40-20-9-3-16(4-10-20)18-6-12-22(27(33)34)24(14-18)29(37)38/h1-14H. The van der Waals surface area contributed by atoms with Gasteiger partial charge >= 0.3 is 28.9 Å². The number of hydrogen-bond acceptors (Lipinski definition) is 11. The fourth-order valence-corrected chi connectivity index (χ4v) is 3.65. The first-order valence-electron chi connectivity index (χ1n) is 11.0. The minimum atomic E-state index is -1.09. The number of nitrogens with zero attached hydrogens (tertiary/aromatic N) is 4. The van der Waals surface area contributed by atoms with Crippen molar-refractivity contribution in [2.75, 3.05) is 0 Å². The van der Waals surface area contributed by atoms with Gasteiger partial charge in [-0.25, -0.2) is 4.79 Å². The van der Waals surface area contributed by atoms with Gasteiger partial charge in [-0.05, 0) is 58.7 Å². The van der Waals surface area contributed by atoms with E-state index in [1.165, 1.54) is 60.7 Å². The normalized spacial score (nSPS) is 10.4. The zero-order chi connectivity index (χ0) is 29.0. The SMILES string of the molecule is O=C(Oc1ccc(-c2ccc([N+](=O)[O-])c([N+](=O)[O-])c2)cc1)Oc1ccc(-c2ccc([N+](=O)[O-])c([N+](=O)[O-])c2)cc1. The molecule has 0 heterocycles. The molecule has 4 aromatic carbocycles. The van der Waals surface area contributed by atoms with Gasteiger partial charge in [-0.3, -0.25) is 40.5 Å². The predicted molar refractivity (Wildman–Crippen MR) is 137 cm³/mol. The molecule has 15 nitrogen and oxygen atoms in total. The van der Waals surface area contributed by atoms with Gasteiger partial charge < -0.3 is 9.47 Å². The molecule has 0 saturated heterocycles. The van der Waals surface area contributed by atoms with Crippen LogP contribution in [0, 0.1) is 40.5 Å². The van der Waals surface area contributed by atoms with Gasteiger partial charge in [-0.2, -0.15) is 0 Å². The molecule has 200 valence electrons. The maximum atomic E-state index is 12.2. The third-order valence-electron chi connectivity index (χ3n) is 5.52. The Morgan fingerprint density at radius 1 is 0.450 bits per heavy atom. The lowest BCUT2D eigenvalue weighted by atomic mass is 10.0. The van der Waals surface area contributed by atoms with Crippen LogP contribution < -0.4 is 9.47 Å². The molecule has 0 spiro atoms. The van der Waals surface area contributed by atoms with Crippen LogP contribution in [0.3, 0.4) is 0 Å². The van der Waals surface area contributed by atoms with Gasteiger partial charge in [0.25, 0.3) is 0 Å². The summed E-state index contributed by atoms with van der Waals surface area (Å²) < 4.78 is 10.2. The summed E-state index contributed by atoms with van der Waals surface area (Å²) >= 11 is 0. The van der Waals surface area contributed by atoms with Gasteiger partial charge in [-0.1, -0.05) is 24.3 Å². The van der Waals surface area contributed by atoms with Gasteiger partial charge in [0.15, 0.2) is 0 Å². The molecule has 0 fully saturated rings. The molecule has 0 amide bonds. The zero-order valence-corrected chi connectivity index (χ0v) is 19.9. The average molecular weight is 546 g/mol. The third-order valence-corrected chi connectivity index (χ3v) is 5.52. The van der Waals surface area contributed by atoms with Gasteiger partial charge in [0, 0.05) is 24.3 Å². The molecule has 0 unspecified atom stereocenters. The van der Waals surface area contributed by atoms with Crippen molar-refractivity contribution in [3.05, 3.63) is 125 Å². The largest absolute Gasteiger partial charge is 0.519 e. The van der Waals surface area contributed by atoms with Crippen molar-refractivity contribution in [1.82, 2.24) is 0 Å². The molecule has 0 bridgehead atoms. The van der Waals surface area contributed by atoms with E-state index in [1.54, 1.807) is 0 Å². The van der Waals surface area contributed by atoms with Crippen molar-refractivity contribution in [2.24, 2.45) is 0 Å². The minimum Gasteiger partial charge on any atom is -0.395 e.